The van der Waals surface area contributed by atoms with Crippen LogP contribution in [0.3, 0.4) is 0 Å². The third-order valence-corrected chi connectivity index (χ3v) is 6.24. The van der Waals surface area contributed by atoms with Crippen LogP contribution in [0, 0.1) is 0 Å². The Labute approximate surface area is 196 Å². The number of carbonyl (C=O) groups excluding carboxylic acids is 1. The van der Waals surface area contributed by atoms with Gasteiger partial charge in [-0.15, -0.1) is 0 Å². The van der Waals surface area contributed by atoms with E-state index in [-0.39, 0.29) is 5.91 Å². The molecule has 1 N–H and O–H groups in total. The maximum atomic E-state index is 12.4. The molecular weight excluding hydrogens is 485 g/mol. The molecule has 30 heavy (non-hydrogen) atoms. The van der Waals surface area contributed by atoms with Crippen molar-refractivity contribution in [1.29, 1.82) is 0 Å². The van der Waals surface area contributed by atoms with Crippen LogP contribution in [0.2, 0.25) is 10.0 Å². The molecule has 2 aromatic rings. The van der Waals surface area contributed by atoms with Gasteiger partial charge in [0.05, 0.1) is 10.7 Å². The second-order valence-electron chi connectivity index (χ2n) is 7.47. The second kappa shape index (κ2) is 11.7. The highest BCUT2D eigenvalue weighted by atomic mass is 79.9. The van der Waals surface area contributed by atoms with Crippen molar-refractivity contribution in [3.63, 3.8) is 0 Å². The summed E-state index contributed by atoms with van der Waals surface area (Å²) in [6.45, 7) is 0.661. The Hall–Kier alpha value is -1.56. The summed E-state index contributed by atoms with van der Waals surface area (Å²) in [4.78, 5) is 12.4. The zero-order chi connectivity index (χ0) is 21.3. The predicted molar refractivity (Wildman–Crippen MR) is 130 cm³/mol. The molecule has 2 aliphatic rings. The van der Waals surface area contributed by atoms with Crippen LogP contribution in [-0.4, -0.2) is 24.2 Å². The van der Waals surface area contributed by atoms with Gasteiger partial charge in [-0.05, 0) is 43.2 Å². The van der Waals surface area contributed by atoms with E-state index in [1.54, 1.807) is 17.1 Å². The van der Waals surface area contributed by atoms with Gasteiger partial charge in [-0.3, -0.25) is 9.80 Å². The molecule has 4 nitrogen and oxygen atoms in total. The molecule has 0 aromatic heterocycles. The van der Waals surface area contributed by atoms with Crippen LogP contribution >= 0.6 is 39.1 Å². The maximum absolute atomic E-state index is 12.4. The van der Waals surface area contributed by atoms with Crippen LogP contribution in [0.4, 0.5) is 5.69 Å². The van der Waals surface area contributed by atoms with Gasteiger partial charge in [-0.2, -0.15) is 5.10 Å². The fourth-order valence-corrected chi connectivity index (χ4v) is 4.40. The molecule has 0 unspecified atom stereocenters. The quantitative estimate of drug-likeness (QED) is 0.459. The van der Waals surface area contributed by atoms with Crippen LogP contribution in [0.15, 0.2) is 58.1 Å². The lowest BCUT2D eigenvalue weighted by molar-refractivity contribution is -0.115. The van der Waals surface area contributed by atoms with E-state index in [1.807, 2.05) is 36.4 Å². The minimum absolute atomic E-state index is 0.0375. The predicted octanol–water partition coefficient (Wildman–Crippen LogP) is 6.85. The molecule has 1 saturated carbocycles. The Bertz CT molecular complexity index is 868. The molecule has 0 spiro atoms. The number of amides is 1. The van der Waals surface area contributed by atoms with Gasteiger partial charge in [0, 0.05) is 28.5 Å². The molecule has 0 bridgehead atoms. The molecule has 1 aliphatic carbocycles. The molecule has 7 heteroatoms. The van der Waals surface area contributed by atoms with Gasteiger partial charge in [0.2, 0.25) is 0 Å². The van der Waals surface area contributed by atoms with Crippen molar-refractivity contribution in [2.75, 3.05) is 11.6 Å². The lowest BCUT2D eigenvalue weighted by Gasteiger charge is -2.16. The fourth-order valence-electron chi connectivity index (χ4n) is 3.59. The highest BCUT2D eigenvalue weighted by Crippen LogP contribution is 2.30. The molecule has 0 saturated heterocycles. The van der Waals surface area contributed by atoms with Gasteiger partial charge in [0.25, 0.3) is 5.91 Å². The average molecular weight is 511 g/mol. The average Bonchev–Trinajstić information content (AvgIpc) is 3.07. The molecule has 4 rings (SSSR count). The largest absolute Gasteiger partial charge is 0.348 e. The van der Waals surface area contributed by atoms with E-state index < -0.39 is 0 Å². The maximum Gasteiger partial charge on any atom is 0.267 e. The van der Waals surface area contributed by atoms with Crippen LogP contribution < -0.4 is 10.3 Å². The van der Waals surface area contributed by atoms with Gasteiger partial charge in [-0.25, -0.2) is 0 Å². The molecule has 1 amide bonds. The Morgan fingerprint density at radius 1 is 1.03 bits per heavy atom. The van der Waals surface area contributed by atoms with Gasteiger partial charge in [0.1, 0.15) is 5.71 Å². The van der Waals surface area contributed by atoms with Crippen molar-refractivity contribution < 1.29 is 4.79 Å². The number of nitrogens with zero attached hydrogens (tertiary/aromatic N) is 2. The summed E-state index contributed by atoms with van der Waals surface area (Å²) in [6.07, 6.45) is 7.73. The summed E-state index contributed by atoms with van der Waals surface area (Å²) in [6, 6.07) is 15.6. The zero-order valence-corrected chi connectivity index (χ0v) is 19.9. The highest BCUT2D eigenvalue weighted by molar-refractivity contribution is 9.10. The number of rotatable bonds is 3. The second-order valence-corrected chi connectivity index (χ2v) is 9.23. The number of carbonyl (C=O) groups is 1. The van der Waals surface area contributed by atoms with E-state index in [2.05, 4.69) is 26.3 Å². The standard InChI is InChI=1S/C17H21Cl2N3O.C6H5Br/c18-12-7-8-16(14(19)11-12)22-10-9-15(21-22)17(23)20-13-5-3-1-2-4-6-13;7-6-4-2-1-3-5-6/h7-8,11,13H,1-6,9-10H2,(H,20,23);1-5H. The molecule has 160 valence electrons. The molecule has 0 atom stereocenters. The number of nitrogens with one attached hydrogen (secondary N) is 1. The Kier molecular flexibility index (Phi) is 9.04. The Morgan fingerprint density at radius 2 is 1.73 bits per heavy atom. The van der Waals surface area contributed by atoms with Gasteiger partial charge < -0.3 is 5.32 Å². The lowest BCUT2D eigenvalue weighted by Crippen LogP contribution is -2.38. The molecule has 1 aliphatic heterocycles. The summed E-state index contributed by atoms with van der Waals surface area (Å²) in [5.74, 6) is -0.0375. The van der Waals surface area contributed by atoms with E-state index in [0.717, 1.165) is 23.0 Å². The summed E-state index contributed by atoms with van der Waals surface area (Å²) in [5, 5.41) is 10.5. The number of anilines is 1. The smallest absolute Gasteiger partial charge is 0.267 e. The minimum atomic E-state index is -0.0375. The third-order valence-electron chi connectivity index (χ3n) is 5.18. The first kappa shape index (κ1) is 23.1. The van der Waals surface area contributed by atoms with E-state index >= 15 is 0 Å². The van der Waals surface area contributed by atoms with Crippen LogP contribution in [0.5, 0.6) is 0 Å². The minimum Gasteiger partial charge on any atom is -0.348 e. The summed E-state index contributed by atoms with van der Waals surface area (Å²) < 4.78 is 1.13. The van der Waals surface area contributed by atoms with E-state index in [4.69, 9.17) is 23.2 Å². The van der Waals surface area contributed by atoms with Crippen molar-refractivity contribution in [3.8, 4) is 0 Å². The van der Waals surface area contributed by atoms with Crippen molar-refractivity contribution >= 4 is 56.4 Å². The van der Waals surface area contributed by atoms with Crippen LogP contribution in [0.25, 0.3) is 0 Å². The molecule has 0 radical (unpaired) electrons. The first-order chi connectivity index (χ1) is 14.5. The van der Waals surface area contributed by atoms with Crippen molar-refractivity contribution in [3.05, 3.63) is 63.0 Å². The third kappa shape index (κ3) is 7.00. The van der Waals surface area contributed by atoms with E-state index in [1.165, 1.54) is 25.7 Å². The number of hydrazone groups is 1. The molecule has 1 heterocycles. The van der Waals surface area contributed by atoms with Gasteiger partial charge in [-0.1, -0.05) is 83.0 Å². The monoisotopic (exact) mass is 509 g/mol. The highest BCUT2D eigenvalue weighted by Gasteiger charge is 2.25. The first-order valence-corrected chi connectivity index (χ1v) is 11.9. The van der Waals surface area contributed by atoms with Crippen molar-refractivity contribution in [1.82, 2.24) is 5.32 Å². The topological polar surface area (TPSA) is 44.7 Å². The molecule has 2 aromatic carbocycles. The van der Waals surface area contributed by atoms with Crippen molar-refractivity contribution in [2.24, 2.45) is 5.10 Å². The number of benzene rings is 2. The summed E-state index contributed by atoms with van der Waals surface area (Å²) >= 11 is 15.4. The number of hydrogen-bond acceptors (Lipinski definition) is 3. The normalized spacial score (nSPS) is 16.9. The Morgan fingerprint density at radius 3 is 2.33 bits per heavy atom. The SMILES string of the molecule is Brc1ccccc1.O=C(NC1CCCCCC1)C1=NN(c2ccc(Cl)cc2Cl)CC1. The summed E-state index contributed by atoms with van der Waals surface area (Å²) in [5.41, 5.74) is 1.37. The van der Waals surface area contributed by atoms with E-state index in [0.29, 0.717) is 34.8 Å². The molecule has 1 fully saturated rings. The van der Waals surface area contributed by atoms with Gasteiger partial charge in [0.15, 0.2) is 0 Å². The number of hydrogen-bond donors (Lipinski definition) is 1. The molecular formula is C23H26BrCl2N3O. The lowest BCUT2D eigenvalue weighted by atomic mass is 10.1. The first-order valence-electron chi connectivity index (χ1n) is 10.3. The number of halogens is 3. The Balaban J connectivity index is 0.000000310. The zero-order valence-electron chi connectivity index (χ0n) is 16.8. The fraction of sp³-hybridized carbons (Fsp3) is 0.391. The van der Waals surface area contributed by atoms with Crippen molar-refractivity contribution in [2.45, 2.75) is 51.0 Å². The van der Waals surface area contributed by atoms with Gasteiger partial charge >= 0.3 is 0 Å². The van der Waals surface area contributed by atoms with Crippen LogP contribution in [-0.2, 0) is 4.79 Å². The van der Waals surface area contributed by atoms with E-state index in [9.17, 15) is 4.79 Å². The van der Waals surface area contributed by atoms with Crippen LogP contribution in [0.1, 0.15) is 44.9 Å². The summed E-state index contributed by atoms with van der Waals surface area (Å²) in [7, 11) is 0.